The second-order valence-corrected chi connectivity index (χ2v) is 6.84. The fourth-order valence-corrected chi connectivity index (χ4v) is 3.91. The quantitative estimate of drug-likeness (QED) is 0.680. The molecule has 1 saturated carbocycles. The number of hydrogen-bond acceptors (Lipinski definition) is 4. The van der Waals surface area contributed by atoms with Crippen LogP contribution in [0.1, 0.15) is 37.7 Å². The van der Waals surface area contributed by atoms with Crippen molar-refractivity contribution < 1.29 is 14.3 Å². The third-order valence-electron chi connectivity index (χ3n) is 5.30. The van der Waals surface area contributed by atoms with Crippen molar-refractivity contribution in [1.82, 2.24) is 10.3 Å². The summed E-state index contributed by atoms with van der Waals surface area (Å²) in [6.45, 7) is 0. The smallest absolute Gasteiger partial charge is 0.346 e. The molecular formula is C20H21N3O3. The average molecular weight is 351 g/mol. The van der Waals surface area contributed by atoms with Crippen LogP contribution in [0.3, 0.4) is 0 Å². The Morgan fingerprint density at radius 1 is 1.12 bits per heavy atom. The van der Waals surface area contributed by atoms with Crippen LogP contribution in [-0.2, 0) is 4.79 Å². The van der Waals surface area contributed by atoms with Gasteiger partial charge in [-0.05, 0) is 29.7 Å². The molecule has 2 aromatic rings. The van der Waals surface area contributed by atoms with Crippen LogP contribution in [0, 0.1) is 0 Å². The van der Waals surface area contributed by atoms with Gasteiger partial charge in [0.25, 0.3) is 5.91 Å². The Balaban J connectivity index is 1.69. The molecule has 6 nitrogen and oxygen atoms in total. The van der Waals surface area contributed by atoms with Crippen molar-refractivity contribution >= 4 is 28.9 Å². The summed E-state index contributed by atoms with van der Waals surface area (Å²) in [5, 5.41) is 10.1. The van der Waals surface area contributed by atoms with E-state index in [1.165, 1.54) is 0 Å². The van der Waals surface area contributed by atoms with E-state index in [0.717, 1.165) is 40.6 Å². The molecule has 0 atom stereocenters. The van der Waals surface area contributed by atoms with Crippen LogP contribution in [0.4, 0.5) is 4.79 Å². The summed E-state index contributed by atoms with van der Waals surface area (Å²) in [6, 6.07) is 11.2. The first-order chi connectivity index (χ1) is 12.6. The molecule has 1 aliphatic heterocycles. The van der Waals surface area contributed by atoms with Crippen molar-refractivity contribution in [3.05, 3.63) is 42.0 Å². The number of carbonyl (C=O) groups is 2. The van der Waals surface area contributed by atoms with Gasteiger partial charge in [0.1, 0.15) is 11.3 Å². The number of hydrazone groups is 1. The minimum absolute atomic E-state index is 0.252. The van der Waals surface area contributed by atoms with Gasteiger partial charge in [0.2, 0.25) is 0 Å². The first kappa shape index (κ1) is 16.6. The fraction of sp³-hybridized carbons (Fsp3) is 0.350. The van der Waals surface area contributed by atoms with Gasteiger partial charge in [0, 0.05) is 5.56 Å². The van der Waals surface area contributed by atoms with Gasteiger partial charge in [-0.15, -0.1) is 5.01 Å². The average Bonchev–Trinajstić information content (AvgIpc) is 2.89. The van der Waals surface area contributed by atoms with Crippen LogP contribution in [0.2, 0.25) is 0 Å². The van der Waals surface area contributed by atoms with Crippen molar-refractivity contribution in [2.24, 2.45) is 5.10 Å². The Kier molecular flexibility index (Phi) is 4.11. The first-order valence-electron chi connectivity index (χ1n) is 8.91. The monoisotopic (exact) mass is 351 g/mol. The van der Waals surface area contributed by atoms with E-state index in [2.05, 4.69) is 10.4 Å². The van der Waals surface area contributed by atoms with Gasteiger partial charge in [-0.25, -0.2) is 4.79 Å². The van der Waals surface area contributed by atoms with Gasteiger partial charge in [-0.1, -0.05) is 49.6 Å². The Bertz CT molecular complexity index is 900. The lowest BCUT2D eigenvalue weighted by molar-refractivity contribution is -0.132. The number of hydrogen-bond donors (Lipinski definition) is 1. The number of imide groups is 1. The normalized spacial score (nSPS) is 19.5. The molecule has 2 fully saturated rings. The number of nitrogens with one attached hydrogen (secondary N) is 1. The summed E-state index contributed by atoms with van der Waals surface area (Å²) in [5.74, 6) is 0.393. The second kappa shape index (κ2) is 6.44. The minimum Gasteiger partial charge on any atom is -0.496 e. The highest BCUT2D eigenvalue weighted by Crippen LogP contribution is 2.34. The van der Waals surface area contributed by atoms with Crippen LogP contribution in [0.25, 0.3) is 10.8 Å². The van der Waals surface area contributed by atoms with E-state index in [1.807, 2.05) is 36.4 Å². The number of urea groups is 1. The molecule has 134 valence electrons. The maximum Gasteiger partial charge on any atom is 0.346 e. The van der Waals surface area contributed by atoms with E-state index < -0.39 is 11.6 Å². The van der Waals surface area contributed by atoms with Crippen LogP contribution < -0.4 is 10.1 Å². The fourth-order valence-electron chi connectivity index (χ4n) is 3.91. The van der Waals surface area contributed by atoms with Gasteiger partial charge in [0.05, 0.1) is 13.3 Å². The van der Waals surface area contributed by atoms with E-state index in [4.69, 9.17) is 4.74 Å². The van der Waals surface area contributed by atoms with Gasteiger partial charge in [0.15, 0.2) is 0 Å². The summed E-state index contributed by atoms with van der Waals surface area (Å²) in [6.07, 6.45) is 5.89. The molecule has 1 aliphatic carbocycles. The standard InChI is InChI=1S/C20H21N3O3/c1-26-17-10-9-14-7-3-4-8-15(14)16(17)13-21-23-18(24)20(22-19(23)25)11-5-2-6-12-20/h3-4,7-10,13H,2,5-6,11-12H2,1H3,(H,22,25)/b21-13+. The lowest BCUT2D eigenvalue weighted by atomic mass is 9.82. The van der Waals surface area contributed by atoms with Crippen molar-refractivity contribution in [2.75, 3.05) is 7.11 Å². The largest absolute Gasteiger partial charge is 0.496 e. The summed E-state index contributed by atoms with van der Waals surface area (Å²) in [7, 11) is 1.59. The Morgan fingerprint density at radius 2 is 1.88 bits per heavy atom. The summed E-state index contributed by atoms with van der Waals surface area (Å²) in [4.78, 5) is 25.2. The highest BCUT2D eigenvalue weighted by molar-refractivity contribution is 6.08. The van der Waals surface area contributed by atoms with Crippen molar-refractivity contribution in [2.45, 2.75) is 37.6 Å². The van der Waals surface area contributed by atoms with Crippen molar-refractivity contribution in [1.29, 1.82) is 0 Å². The molecule has 1 N–H and O–H groups in total. The molecule has 3 amide bonds. The van der Waals surface area contributed by atoms with E-state index in [0.29, 0.717) is 18.6 Å². The summed E-state index contributed by atoms with van der Waals surface area (Å²) >= 11 is 0. The van der Waals surface area contributed by atoms with Crippen LogP contribution in [-0.4, -0.2) is 35.8 Å². The minimum atomic E-state index is -0.768. The number of nitrogens with zero attached hydrogens (tertiary/aromatic N) is 2. The molecule has 4 rings (SSSR count). The zero-order valence-corrected chi connectivity index (χ0v) is 14.7. The molecule has 2 aromatic carbocycles. The molecule has 0 aromatic heterocycles. The lowest BCUT2D eigenvalue weighted by Crippen LogP contribution is -2.48. The summed E-state index contributed by atoms with van der Waals surface area (Å²) < 4.78 is 5.44. The third-order valence-corrected chi connectivity index (χ3v) is 5.30. The Labute approximate surface area is 151 Å². The Morgan fingerprint density at radius 3 is 2.65 bits per heavy atom. The number of fused-ring (bicyclic) bond motifs is 1. The van der Waals surface area contributed by atoms with Gasteiger partial charge in [-0.3, -0.25) is 4.79 Å². The number of benzene rings is 2. The van der Waals surface area contributed by atoms with Gasteiger partial charge >= 0.3 is 6.03 Å². The highest BCUT2D eigenvalue weighted by atomic mass is 16.5. The molecule has 1 spiro atoms. The zero-order chi connectivity index (χ0) is 18.1. The van der Waals surface area contributed by atoms with Gasteiger partial charge < -0.3 is 10.1 Å². The van der Waals surface area contributed by atoms with Gasteiger partial charge in [-0.2, -0.15) is 5.10 Å². The number of carbonyl (C=O) groups excluding carboxylic acids is 2. The summed E-state index contributed by atoms with van der Waals surface area (Å²) in [5.41, 5.74) is -0.0222. The predicted octanol–water partition coefficient (Wildman–Crippen LogP) is 3.44. The molecule has 0 bridgehead atoms. The molecule has 2 aliphatic rings. The zero-order valence-electron chi connectivity index (χ0n) is 14.7. The van der Waals surface area contributed by atoms with Crippen LogP contribution >= 0.6 is 0 Å². The molecular weight excluding hydrogens is 330 g/mol. The van der Waals surface area contributed by atoms with Crippen molar-refractivity contribution in [3.63, 3.8) is 0 Å². The van der Waals surface area contributed by atoms with E-state index in [9.17, 15) is 9.59 Å². The molecule has 0 unspecified atom stereocenters. The van der Waals surface area contributed by atoms with Crippen LogP contribution in [0.15, 0.2) is 41.5 Å². The molecule has 1 heterocycles. The number of methoxy groups -OCH3 is 1. The first-order valence-corrected chi connectivity index (χ1v) is 8.91. The van der Waals surface area contributed by atoms with E-state index in [1.54, 1.807) is 13.3 Å². The Hall–Kier alpha value is -2.89. The number of ether oxygens (including phenoxy) is 1. The number of rotatable bonds is 3. The third kappa shape index (κ3) is 2.62. The lowest BCUT2D eigenvalue weighted by Gasteiger charge is -2.29. The molecule has 0 radical (unpaired) electrons. The number of amides is 3. The topological polar surface area (TPSA) is 71.0 Å². The SMILES string of the molecule is COc1ccc2ccccc2c1/C=N/N1C(=O)NC2(CCCCC2)C1=O. The maximum absolute atomic E-state index is 12.8. The molecule has 1 saturated heterocycles. The predicted molar refractivity (Wildman–Crippen MR) is 99.3 cm³/mol. The molecule has 26 heavy (non-hydrogen) atoms. The van der Waals surface area contributed by atoms with Crippen LogP contribution in [0.5, 0.6) is 5.75 Å². The van der Waals surface area contributed by atoms with E-state index in [-0.39, 0.29) is 5.91 Å². The second-order valence-electron chi connectivity index (χ2n) is 6.84. The molecule has 6 heteroatoms. The van der Waals surface area contributed by atoms with Crippen molar-refractivity contribution in [3.8, 4) is 5.75 Å². The van der Waals surface area contributed by atoms with E-state index >= 15 is 0 Å². The highest BCUT2D eigenvalue weighted by Gasteiger charge is 2.51. The maximum atomic E-state index is 12.8.